The maximum Gasteiger partial charge on any atom is 0.251 e. The van der Waals surface area contributed by atoms with E-state index in [0.29, 0.717) is 5.92 Å². The van der Waals surface area contributed by atoms with Crippen LogP contribution in [0, 0.1) is 12.3 Å². The van der Waals surface area contributed by atoms with Crippen LogP contribution < -0.4 is 5.32 Å². The molecule has 2 aromatic carbocycles. The van der Waals surface area contributed by atoms with Crippen LogP contribution in [0.2, 0.25) is 0 Å². The van der Waals surface area contributed by atoms with Gasteiger partial charge in [-0.15, -0.1) is 0 Å². The van der Waals surface area contributed by atoms with Gasteiger partial charge >= 0.3 is 0 Å². The summed E-state index contributed by atoms with van der Waals surface area (Å²) in [6.45, 7) is 6.53. The molecule has 1 fully saturated rings. The number of nitrogens with one attached hydrogen (secondary N) is 1. The van der Waals surface area contributed by atoms with E-state index >= 15 is 0 Å². The molecular formula is C19H21NO. The molecule has 3 rings (SSSR count). The number of rotatable bonds is 3. The number of carbonyl (C=O) groups excluding carboxylic acids is 1. The summed E-state index contributed by atoms with van der Waals surface area (Å²) in [4.78, 5) is 12.3. The molecule has 108 valence electrons. The van der Waals surface area contributed by atoms with Crippen LogP contribution in [0.3, 0.4) is 0 Å². The minimum absolute atomic E-state index is 0.0169. The smallest absolute Gasteiger partial charge is 0.251 e. The Labute approximate surface area is 126 Å². The van der Waals surface area contributed by atoms with Gasteiger partial charge < -0.3 is 5.32 Å². The average Bonchev–Trinajstić information content (AvgIpc) is 3.02. The first-order valence-corrected chi connectivity index (χ1v) is 7.42. The lowest BCUT2D eigenvalue weighted by Crippen LogP contribution is -2.28. The zero-order valence-electron chi connectivity index (χ0n) is 12.8. The van der Waals surface area contributed by atoms with Crippen molar-refractivity contribution in [2.75, 3.05) is 0 Å². The van der Waals surface area contributed by atoms with Gasteiger partial charge in [0.1, 0.15) is 0 Å². The molecule has 0 heterocycles. The van der Waals surface area contributed by atoms with Gasteiger partial charge in [0.15, 0.2) is 0 Å². The first kappa shape index (κ1) is 13.9. The van der Waals surface area contributed by atoms with Gasteiger partial charge in [0, 0.05) is 17.5 Å². The number of hydrogen-bond donors (Lipinski definition) is 1. The minimum Gasteiger partial charge on any atom is -0.348 e. The Balaban J connectivity index is 1.75. The molecule has 1 aliphatic carbocycles. The SMILES string of the molecule is Cc1ccc(C2C(NC(=O)c3ccccc3)C2(C)C)cc1. The van der Waals surface area contributed by atoms with Crippen LogP contribution in [0.4, 0.5) is 0 Å². The van der Waals surface area contributed by atoms with E-state index in [-0.39, 0.29) is 17.4 Å². The third kappa shape index (κ3) is 2.58. The van der Waals surface area contributed by atoms with E-state index in [1.807, 2.05) is 30.3 Å². The fraction of sp³-hybridized carbons (Fsp3) is 0.316. The van der Waals surface area contributed by atoms with E-state index in [4.69, 9.17) is 0 Å². The van der Waals surface area contributed by atoms with Crippen molar-refractivity contribution in [1.29, 1.82) is 0 Å². The highest BCUT2D eigenvalue weighted by atomic mass is 16.1. The quantitative estimate of drug-likeness (QED) is 0.906. The van der Waals surface area contributed by atoms with Gasteiger partial charge in [0.25, 0.3) is 5.91 Å². The Hall–Kier alpha value is -2.09. The van der Waals surface area contributed by atoms with Gasteiger partial charge in [0.05, 0.1) is 0 Å². The zero-order chi connectivity index (χ0) is 15.0. The molecule has 0 saturated heterocycles. The minimum atomic E-state index is 0.0169. The second-order valence-corrected chi connectivity index (χ2v) is 6.53. The molecule has 2 atom stereocenters. The Morgan fingerprint density at radius 2 is 1.62 bits per heavy atom. The second-order valence-electron chi connectivity index (χ2n) is 6.53. The van der Waals surface area contributed by atoms with Gasteiger partial charge in [-0.1, -0.05) is 61.9 Å². The molecule has 1 N–H and O–H groups in total. The van der Waals surface area contributed by atoms with E-state index in [1.165, 1.54) is 11.1 Å². The maximum absolute atomic E-state index is 12.3. The lowest BCUT2D eigenvalue weighted by atomic mass is 10.0. The van der Waals surface area contributed by atoms with Crippen molar-refractivity contribution in [2.45, 2.75) is 32.7 Å². The highest BCUT2D eigenvalue weighted by molar-refractivity contribution is 5.94. The molecule has 1 amide bonds. The molecule has 2 unspecified atom stereocenters. The summed E-state index contributed by atoms with van der Waals surface area (Å²) in [5.74, 6) is 0.411. The lowest BCUT2D eigenvalue weighted by molar-refractivity contribution is 0.0946. The van der Waals surface area contributed by atoms with Gasteiger partial charge in [-0.05, 0) is 30.0 Å². The van der Waals surface area contributed by atoms with E-state index in [1.54, 1.807) is 0 Å². The third-order valence-corrected chi connectivity index (χ3v) is 4.59. The van der Waals surface area contributed by atoms with E-state index < -0.39 is 0 Å². The molecule has 1 saturated carbocycles. The van der Waals surface area contributed by atoms with Crippen LogP contribution in [0.5, 0.6) is 0 Å². The average molecular weight is 279 g/mol. The Kier molecular flexibility index (Phi) is 3.32. The van der Waals surface area contributed by atoms with Gasteiger partial charge in [0.2, 0.25) is 0 Å². The molecule has 0 aromatic heterocycles. The van der Waals surface area contributed by atoms with Crippen LogP contribution in [-0.4, -0.2) is 11.9 Å². The third-order valence-electron chi connectivity index (χ3n) is 4.59. The Morgan fingerprint density at radius 3 is 2.24 bits per heavy atom. The van der Waals surface area contributed by atoms with Crippen molar-refractivity contribution < 1.29 is 4.79 Å². The van der Waals surface area contributed by atoms with E-state index in [0.717, 1.165) is 5.56 Å². The van der Waals surface area contributed by atoms with Crippen molar-refractivity contribution in [3.8, 4) is 0 Å². The van der Waals surface area contributed by atoms with Crippen LogP contribution in [0.1, 0.15) is 41.3 Å². The second kappa shape index (κ2) is 5.03. The zero-order valence-corrected chi connectivity index (χ0v) is 12.8. The molecular weight excluding hydrogens is 258 g/mol. The van der Waals surface area contributed by atoms with Crippen molar-refractivity contribution >= 4 is 5.91 Å². The molecule has 21 heavy (non-hydrogen) atoms. The molecule has 0 bridgehead atoms. The molecule has 2 heteroatoms. The normalized spacial score (nSPS) is 22.6. The number of aryl methyl sites for hydroxylation is 1. The number of carbonyl (C=O) groups is 1. The van der Waals surface area contributed by atoms with Crippen molar-refractivity contribution in [3.05, 3.63) is 71.3 Å². The topological polar surface area (TPSA) is 29.1 Å². The number of benzene rings is 2. The molecule has 2 aromatic rings. The van der Waals surface area contributed by atoms with Gasteiger partial charge in [-0.3, -0.25) is 4.79 Å². The lowest BCUT2D eigenvalue weighted by Gasteiger charge is -2.06. The monoisotopic (exact) mass is 279 g/mol. The van der Waals surface area contributed by atoms with E-state index in [9.17, 15) is 4.79 Å². The largest absolute Gasteiger partial charge is 0.348 e. The molecule has 0 radical (unpaired) electrons. The number of hydrogen-bond acceptors (Lipinski definition) is 1. The standard InChI is InChI=1S/C19H21NO/c1-13-9-11-14(12-10-13)16-17(19(16,2)3)20-18(21)15-7-5-4-6-8-15/h4-12,16-17H,1-3H3,(H,20,21). The molecule has 0 aliphatic heterocycles. The van der Waals surface area contributed by atoms with Crippen LogP contribution in [-0.2, 0) is 0 Å². The molecule has 0 spiro atoms. The van der Waals surface area contributed by atoms with E-state index in [2.05, 4.69) is 50.4 Å². The fourth-order valence-corrected chi connectivity index (χ4v) is 3.12. The first-order valence-electron chi connectivity index (χ1n) is 7.42. The summed E-state index contributed by atoms with van der Waals surface area (Å²) in [5.41, 5.74) is 3.41. The predicted octanol–water partition coefficient (Wildman–Crippen LogP) is 3.92. The van der Waals surface area contributed by atoms with Crippen molar-refractivity contribution in [1.82, 2.24) is 5.32 Å². The Bertz CT molecular complexity index is 643. The van der Waals surface area contributed by atoms with Gasteiger partial charge in [-0.25, -0.2) is 0 Å². The molecule has 1 aliphatic rings. The number of amides is 1. The summed E-state index contributed by atoms with van der Waals surface area (Å²) in [6, 6.07) is 18.2. The maximum atomic E-state index is 12.3. The van der Waals surface area contributed by atoms with Crippen molar-refractivity contribution in [2.24, 2.45) is 5.41 Å². The Morgan fingerprint density at radius 1 is 1.00 bits per heavy atom. The highest BCUT2D eigenvalue weighted by Gasteiger charge is 2.59. The summed E-state index contributed by atoms with van der Waals surface area (Å²) in [7, 11) is 0. The summed E-state index contributed by atoms with van der Waals surface area (Å²) >= 11 is 0. The first-order chi connectivity index (χ1) is 10.00. The van der Waals surface area contributed by atoms with Gasteiger partial charge in [-0.2, -0.15) is 0 Å². The van der Waals surface area contributed by atoms with Crippen LogP contribution in [0.25, 0.3) is 0 Å². The van der Waals surface area contributed by atoms with Crippen molar-refractivity contribution in [3.63, 3.8) is 0 Å². The fourth-order valence-electron chi connectivity index (χ4n) is 3.12. The summed E-state index contributed by atoms with van der Waals surface area (Å²) in [5, 5.41) is 3.18. The van der Waals surface area contributed by atoms with Crippen LogP contribution >= 0.6 is 0 Å². The highest BCUT2D eigenvalue weighted by Crippen LogP contribution is 2.58. The summed E-state index contributed by atoms with van der Waals surface area (Å²) in [6.07, 6.45) is 0. The molecule has 2 nitrogen and oxygen atoms in total. The predicted molar refractivity (Wildman–Crippen MR) is 85.4 cm³/mol. The van der Waals surface area contributed by atoms with Crippen LogP contribution in [0.15, 0.2) is 54.6 Å². The summed E-state index contributed by atoms with van der Waals surface area (Å²) < 4.78 is 0.